The number of benzene rings is 1. The fourth-order valence-electron chi connectivity index (χ4n) is 1.93. The maximum absolute atomic E-state index is 11.9. The van der Waals surface area contributed by atoms with Crippen molar-refractivity contribution in [1.82, 2.24) is 15.1 Å². The molecule has 0 bridgehead atoms. The molecule has 7 nitrogen and oxygen atoms in total. The molecule has 0 radical (unpaired) electrons. The SMILES string of the molecule is CC(NC(=O)CCn1ccc([N+](=O)[O-])n1)c1ccccc1. The second kappa shape index (κ2) is 6.65. The summed E-state index contributed by atoms with van der Waals surface area (Å²) in [4.78, 5) is 21.8. The standard InChI is InChI=1S/C14H16N4O3/c1-11(12-5-3-2-4-6-12)15-14(19)8-10-17-9-7-13(16-17)18(20)21/h2-7,9,11H,8,10H2,1H3,(H,15,19). The van der Waals surface area contributed by atoms with Crippen molar-refractivity contribution in [3.05, 3.63) is 58.3 Å². The minimum Gasteiger partial charge on any atom is -0.358 e. The average molecular weight is 288 g/mol. The van der Waals surface area contributed by atoms with Crippen molar-refractivity contribution in [2.45, 2.75) is 25.9 Å². The Labute approximate surface area is 121 Å². The molecule has 0 aliphatic heterocycles. The predicted molar refractivity (Wildman–Crippen MR) is 76.5 cm³/mol. The summed E-state index contributed by atoms with van der Waals surface area (Å²) in [7, 11) is 0. The van der Waals surface area contributed by atoms with Gasteiger partial charge in [-0.25, -0.2) is 0 Å². The molecule has 1 aromatic carbocycles. The van der Waals surface area contributed by atoms with E-state index in [0.29, 0.717) is 6.54 Å². The summed E-state index contributed by atoms with van der Waals surface area (Å²) in [5.41, 5.74) is 1.03. The monoisotopic (exact) mass is 288 g/mol. The summed E-state index contributed by atoms with van der Waals surface area (Å²) >= 11 is 0. The van der Waals surface area contributed by atoms with Crippen LogP contribution < -0.4 is 5.32 Å². The zero-order chi connectivity index (χ0) is 15.2. The highest BCUT2D eigenvalue weighted by Gasteiger charge is 2.13. The molecule has 0 fully saturated rings. The van der Waals surface area contributed by atoms with Gasteiger partial charge >= 0.3 is 5.82 Å². The van der Waals surface area contributed by atoms with Crippen LogP contribution in [0, 0.1) is 10.1 Å². The lowest BCUT2D eigenvalue weighted by Gasteiger charge is -2.13. The highest BCUT2D eigenvalue weighted by Crippen LogP contribution is 2.11. The molecule has 0 aliphatic carbocycles. The van der Waals surface area contributed by atoms with Gasteiger partial charge in [0.1, 0.15) is 0 Å². The summed E-state index contributed by atoms with van der Waals surface area (Å²) in [5.74, 6) is -0.336. The molecule has 110 valence electrons. The van der Waals surface area contributed by atoms with Crippen LogP contribution in [-0.4, -0.2) is 20.6 Å². The number of nitrogens with zero attached hydrogens (tertiary/aromatic N) is 3. The van der Waals surface area contributed by atoms with Crippen LogP contribution in [-0.2, 0) is 11.3 Å². The molecule has 1 aromatic heterocycles. The lowest BCUT2D eigenvalue weighted by atomic mass is 10.1. The molecule has 1 heterocycles. The number of aryl methyl sites for hydroxylation is 1. The van der Waals surface area contributed by atoms with Gasteiger partial charge in [0.15, 0.2) is 0 Å². The van der Waals surface area contributed by atoms with Gasteiger partial charge in [-0.2, -0.15) is 4.68 Å². The fourth-order valence-corrected chi connectivity index (χ4v) is 1.93. The Balaban J connectivity index is 1.83. The van der Waals surface area contributed by atoms with E-state index >= 15 is 0 Å². The highest BCUT2D eigenvalue weighted by molar-refractivity contribution is 5.76. The molecule has 0 saturated heterocycles. The van der Waals surface area contributed by atoms with Gasteiger partial charge in [-0.05, 0) is 17.4 Å². The van der Waals surface area contributed by atoms with E-state index < -0.39 is 4.92 Å². The molecule has 7 heteroatoms. The quantitative estimate of drug-likeness (QED) is 0.650. The number of hydrogen-bond acceptors (Lipinski definition) is 4. The van der Waals surface area contributed by atoms with E-state index in [9.17, 15) is 14.9 Å². The molecule has 2 aromatic rings. The van der Waals surface area contributed by atoms with Crippen LogP contribution in [0.5, 0.6) is 0 Å². The lowest BCUT2D eigenvalue weighted by Crippen LogP contribution is -2.27. The average Bonchev–Trinajstić information content (AvgIpc) is 2.95. The van der Waals surface area contributed by atoms with Crippen LogP contribution in [0.3, 0.4) is 0 Å². The lowest BCUT2D eigenvalue weighted by molar-refractivity contribution is -0.389. The number of aromatic nitrogens is 2. The zero-order valence-electron chi connectivity index (χ0n) is 11.6. The zero-order valence-corrected chi connectivity index (χ0v) is 11.6. The van der Waals surface area contributed by atoms with Crippen LogP contribution in [0.1, 0.15) is 24.9 Å². The first-order valence-corrected chi connectivity index (χ1v) is 6.58. The largest absolute Gasteiger partial charge is 0.389 e. The number of carbonyl (C=O) groups excluding carboxylic acids is 1. The molecule has 0 spiro atoms. The van der Waals surface area contributed by atoms with E-state index in [1.807, 2.05) is 37.3 Å². The summed E-state index contributed by atoms with van der Waals surface area (Å²) in [6.07, 6.45) is 1.71. The van der Waals surface area contributed by atoms with Crippen molar-refractivity contribution in [1.29, 1.82) is 0 Å². The van der Waals surface area contributed by atoms with Gasteiger partial charge in [-0.1, -0.05) is 30.3 Å². The molecule has 1 atom stereocenters. The second-order valence-electron chi connectivity index (χ2n) is 4.64. The first-order chi connectivity index (χ1) is 10.1. The van der Waals surface area contributed by atoms with E-state index in [1.54, 1.807) is 0 Å². The molecule has 1 unspecified atom stereocenters. The third-order valence-electron chi connectivity index (χ3n) is 3.06. The van der Waals surface area contributed by atoms with Crippen molar-refractivity contribution >= 4 is 11.7 Å². The molecular formula is C14H16N4O3. The van der Waals surface area contributed by atoms with Crippen molar-refractivity contribution in [3.63, 3.8) is 0 Å². The maximum Gasteiger partial charge on any atom is 0.389 e. The topological polar surface area (TPSA) is 90.1 Å². The van der Waals surface area contributed by atoms with Gasteiger partial charge in [0.05, 0.1) is 29.9 Å². The smallest absolute Gasteiger partial charge is 0.358 e. The maximum atomic E-state index is 11.9. The number of hydrogen-bond donors (Lipinski definition) is 1. The second-order valence-corrected chi connectivity index (χ2v) is 4.64. The van der Waals surface area contributed by atoms with E-state index in [0.717, 1.165) is 5.56 Å². The summed E-state index contributed by atoms with van der Waals surface area (Å²) in [6, 6.07) is 10.9. The van der Waals surface area contributed by atoms with Crippen LogP contribution in [0.2, 0.25) is 0 Å². The van der Waals surface area contributed by atoms with Crippen LogP contribution in [0.25, 0.3) is 0 Å². The normalized spacial score (nSPS) is 11.9. The molecule has 1 amide bonds. The van der Waals surface area contributed by atoms with Crippen LogP contribution in [0.4, 0.5) is 5.82 Å². The Bertz CT molecular complexity index is 624. The first kappa shape index (κ1) is 14.7. The summed E-state index contributed by atoms with van der Waals surface area (Å²) in [6.45, 7) is 2.22. The summed E-state index contributed by atoms with van der Waals surface area (Å²) < 4.78 is 1.39. The van der Waals surface area contributed by atoms with Gasteiger partial charge in [-0.15, -0.1) is 0 Å². The fraction of sp³-hybridized carbons (Fsp3) is 0.286. The Kier molecular flexibility index (Phi) is 4.65. The number of rotatable bonds is 6. The third kappa shape index (κ3) is 4.13. The molecular weight excluding hydrogens is 272 g/mol. The Morgan fingerprint density at radius 1 is 1.38 bits per heavy atom. The number of nitrogens with one attached hydrogen (secondary N) is 1. The Morgan fingerprint density at radius 2 is 2.10 bits per heavy atom. The van der Waals surface area contributed by atoms with E-state index in [2.05, 4.69) is 10.4 Å². The van der Waals surface area contributed by atoms with Gasteiger partial charge < -0.3 is 15.4 Å². The number of carbonyl (C=O) groups is 1. The number of nitro groups is 1. The molecule has 1 N–H and O–H groups in total. The van der Waals surface area contributed by atoms with Crippen molar-refractivity contribution in [2.75, 3.05) is 0 Å². The Hall–Kier alpha value is -2.70. The van der Waals surface area contributed by atoms with E-state index in [1.165, 1.54) is 16.9 Å². The third-order valence-corrected chi connectivity index (χ3v) is 3.06. The summed E-state index contributed by atoms with van der Waals surface area (Å²) in [5, 5.41) is 17.1. The van der Waals surface area contributed by atoms with Crippen LogP contribution in [0.15, 0.2) is 42.6 Å². The van der Waals surface area contributed by atoms with E-state index in [-0.39, 0.29) is 24.2 Å². The molecule has 2 rings (SSSR count). The van der Waals surface area contributed by atoms with E-state index in [4.69, 9.17) is 0 Å². The molecule has 21 heavy (non-hydrogen) atoms. The highest BCUT2D eigenvalue weighted by atomic mass is 16.6. The first-order valence-electron chi connectivity index (χ1n) is 6.58. The number of amides is 1. The van der Waals surface area contributed by atoms with Gasteiger partial charge in [0, 0.05) is 6.42 Å². The van der Waals surface area contributed by atoms with Gasteiger partial charge in [0.25, 0.3) is 0 Å². The molecule has 0 aliphatic rings. The minimum absolute atomic E-state index is 0.0781. The minimum atomic E-state index is -0.561. The molecule has 0 saturated carbocycles. The van der Waals surface area contributed by atoms with Gasteiger partial charge in [-0.3, -0.25) is 4.79 Å². The van der Waals surface area contributed by atoms with Gasteiger partial charge in [0.2, 0.25) is 5.91 Å². The van der Waals surface area contributed by atoms with Crippen molar-refractivity contribution < 1.29 is 9.72 Å². The Morgan fingerprint density at radius 3 is 2.71 bits per heavy atom. The predicted octanol–water partition coefficient (Wildman–Crippen LogP) is 2.06. The van der Waals surface area contributed by atoms with Crippen LogP contribution >= 0.6 is 0 Å². The van der Waals surface area contributed by atoms with Crippen molar-refractivity contribution in [2.24, 2.45) is 0 Å². The van der Waals surface area contributed by atoms with Crippen molar-refractivity contribution in [3.8, 4) is 0 Å².